The Bertz CT molecular complexity index is 45.4. The third kappa shape index (κ3) is 18.2. The Labute approximate surface area is 90.2 Å². The van der Waals surface area contributed by atoms with E-state index in [2.05, 4.69) is 13.8 Å². The second kappa shape index (κ2) is 17.3. The molecule has 0 heterocycles. The van der Waals surface area contributed by atoms with Crippen LogP contribution in [0, 0.1) is 0 Å². The van der Waals surface area contributed by atoms with Crippen molar-refractivity contribution in [1.82, 2.24) is 0 Å². The maximum atomic E-state index is 2.28. The summed E-state index contributed by atoms with van der Waals surface area (Å²) in [4.78, 5) is 0. The largest absolute Gasteiger partial charge is 0.147 e. The quantitative estimate of drug-likeness (QED) is 0.500. The van der Waals surface area contributed by atoms with Crippen molar-refractivity contribution in [3.8, 4) is 0 Å². The molecule has 0 saturated carbocycles. The molecule has 11 heavy (non-hydrogen) atoms. The fourth-order valence-electron chi connectivity index (χ4n) is 0.729. The van der Waals surface area contributed by atoms with Crippen molar-refractivity contribution in [2.45, 2.75) is 50.0 Å². The summed E-state index contributed by atoms with van der Waals surface area (Å²) in [6.07, 6.45) is 5.78. The summed E-state index contributed by atoms with van der Waals surface area (Å²) in [5.74, 6) is 0. The van der Waals surface area contributed by atoms with Crippen LogP contribution in [0.1, 0.15) is 39.5 Å². The van der Waals surface area contributed by atoms with Gasteiger partial charge in [0.1, 0.15) is 0 Å². The van der Waals surface area contributed by atoms with Gasteiger partial charge in [-0.3, -0.25) is 0 Å². The van der Waals surface area contributed by atoms with Gasteiger partial charge in [-0.2, -0.15) is 0 Å². The molecular formula is C8H20Cl2Ge. The normalized spacial score (nSPS) is 8.18. The maximum absolute atomic E-state index is 2.28. The average molecular weight is 260 g/mol. The zero-order valence-electron chi connectivity index (χ0n) is 7.56. The zero-order valence-corrected chi connectivity index (χ0v) is 11.3. The molecular weight excluding hydrogens is 240 g/mol. The molecule has 3 heteroatoms. The van der Waals surface area contributed by atoms with Gasteiger partial charge < -0.3 is 0 Å². The molecule has 0 aliphatic carbocycles. The van der Waals surface area contributed by atoms with E-state index >= 15 is 0 Å². The van der Waals surface area contributed by atoms with Crippen LogP contribution in [0.4, 0.5) is 0 Å². The van der Waals surface area contributed by atoms with E-state index in [9.17, 15) is 0 Å². The molecule has 0 N–H and O–H groups in total. The Morgan fingerprint density at radius 1 is 0.818 bits per heavy atom. The predicted molar refractivity (Wildman–Crippen MR) is 59.7 cm³/mol. The van der Waals surface area contributed by atoms with Gasteiger partial charge in [0.25, 0.3) is 0 Å². The third-order valence-electron chi connectivity index (χ3n) is 1.41. The van der Waals surface area contributed by atoms with E-state index in [1.807, 2.05) is 0 Å². The van der Waals surface area contributed by atoms with Crippen LogP contribution in [0.25, 0.3) is 0 Å². The first-order valence-electron chi connectivity index (χ1n) is 4.12. The van der Waals surface area contributed by atoms with Gasteiger partial charge in [-0.05, 0) is 0 Å². The Hall–Kier alpha value is 1.12. The molecule has 0 aromatic rings. The van der Waals surface area contributed by atoms with Crippen LogP contribution in [0.3, 0.4) is 0 Å². The van der Waals surface area contributed by atoms with Crippen molar-refractivity contribution in [3.05, 3.63) is 0 Å². The fourth-order valence-corrected chi connectivity index (χ4v) is 3.79. The summed E-state index contributed by atoms with van der Waals surface area (Å²) in [6.45, 7) is 4.57. The van der Waals surface area contributed by atoms with E-state index in [4.69, 9.17) is 0 Å². The smallest absolute Gasteiger partial charge is 0.147 e. The van der Waals surface area contributed by atoms with Gasteiger partial charge in [0, 0.05) is 0 Å². The first-order chi connectivity index (χ1) is 4.41. The SMILES string of the molecule is CCC[CH2][Ge][CH2]CCC.Cl.Cl. The Kier molecular flexibility index (Phi) is 28.3. The summed E-state index contributed by atoms with van der Waals surface area (Å²) in [7, 11) is 0. The first kappa shape index (κ1) is 18.0. The van der Waals surface area contributed by atoms with Crippen molar-refractivity contribution in [2.24, 2.45) is 0 Å². The Morgan fingerprint density at radius 3 is 1.45 bits per heavy atom. The van der Waals surface area contributed by atoms with E-state index < -0.39 is 0 Å². The summed E-state index contributed by atoms with van der Waals surface area (Å²) in [5, 5.41) is 3.16. The molecule has 0 aromatic heterocycles. The maximum Gasteiger partial charge on any atom is -0.147 e. The molecule has 0 aliphatic heterocycles. The number of rotatable bonds is 6. The molecule has 0 atom stereocenters. The predicted octanol–water partition coefficient (Wildman–Crippen LogP) is 3.97. The summed E-state index contributed by atoms with van der Waals surface area (Å²) < 4.78 is 0. The molecule has 2 radical (unpaired) electrons. The van der Waals surface area contributed by atoms with Crippen LogP contribution in [-0.4, -0.2) is 15.4 Å². The van der Waals surface area contributed by atoms with E-state index in [-0.39, 0.29) is 24.8 Å². The average Bonchev–Trinajstić information content (AvgIpc) is 1.89. The van der Waals surface area contributed by atoms with E-state index in [1.54, 1.807) is 10.5 Å². The van der Waals surface area contributed by atoms with Gasteiger partial charge in [-0.15, -0.1) is 24.8 Å². The molecule has 0 fully saturated rings. The molecule has 0 rings (SSSR count). The van der Waals surface area contributed by atoms with Crippen molar-refractivity contribution < 1.29 is 0 Å². The second-order valence-electron chi connectivity index (χ2n) is 2.46. The molecule has 0 spiro atoms. The minimum Gasteiger partial charge on any atom is -0.147 e. The van der Waals surface area contributed by atoms with E-state index in [0.29, 0.717) is 15.4 Å². The van der Waals surface area contributed by atoms with Gasteiger partial charge >= 0.3 is 65.5 Å². The molecule has 0 aliphatic rings. The van der Waals surface area contributed by atoms with Crippen LogP contribution in [-0.2, 0) is 0 Å². The molecule has 0 unspecified atom stereocenters. The topological polar surface area (TPSA) is 0 Å². The minimum atomic E-state index is 0. The van der Waals surface area contributed by atoms with Gasteiger partial charge in [-0.1, -0.05) is 0 Å². The summed E-state index contributed by atoms with van der Waals surface area (Å²) in [5.41, 5.74) is 0. The summed E-state index contributed by atoms with van der Waals surface area (Å²) in [6, 6.07) is 0. The van der Waals surface area contributed by atoms with Crippen LogP contribution in [0.15, 0.2) is 0 Å². The number of halogens is 2. The van der Waals surface area contributed by atoms with Gasteiger partial charge in [0.2, 0.25) is 0 Å². The number of hydrogen-bond acceptors (Lipinski definition) is 0. The Balaban J connectivity index is -0.000000320. The third-order valence-corrected chi connectivity index (χ3v) is 4.38. The summed E-state index contributed by atoms with van der Waals surface area (Å²) >= 11 is 0.496. The van der Waals surface area contributed by atoms with Gasteiger partial charge in [0.15, 0.2) is 0 Å². The molecule has 0 bridgehead atoms. The number of hydrogen-bond donors (Lipinski definition) is 0. The molecule has 0 nitrogen and oxygen atoms in total. The molecule has 0 amide bonds. The van der Waals surface area contributed by atoms with Crippen molar-refractivity contribution >= 4 is 40.2 Å². The molecule has 0 aromatic carbocycles. The minimum absolute atomic E-state index is 0. The fraction of sp³-hybridized carbons (Fsp3) is 1.00. The second-order valence-corrected chi connectivity index (χ2v) is 5.60. The van der Waals surface area contributed by atoms with Crippen LogP contribution in [0.5, 0.6) is 0 Å². The molecule has 0 saturated heterocycles. The zero-order chi connectivity index (χ0) is 6.95. The van der Waals surface area contributed by atoms with Crippen molar-refractivity contribution in [1.29, 1.82) is 0 Å². The van der Waals surface area contributed by atoms with Gasteiger partial charge in [0.05, 0.1) is 0 Å². The van der Waals surface area contributed by atoms with E-state index in [0.717, 1.165) is 0 Å². The monoisotopic (exact) mass is 260 g/mol. The van der Waals surface area contributed by atoms with Crippen molar-refractivity contribution in [3.63, 3.8) is 0 Å². The van der Waals surface area contributed by atoms with Crippen LogP contribution < -0.4 is 0 Å². The molecule has 70 valence electrons. The van der Waals surface area contributed by atoms with Gasteiger partial charge in [-0.25, -0.2) is 0 Å². The Morgan fingerprint density at radius 2 is 1.18 bits per heavy atom. The number of unbranched alkanes of at least 4 members (excludes halogenated alkanes) is 2. The van der Waals surface area contributed by atoms with Crippen LogP contribution in [0.2, 0.25) is 10.5 Å². The van der Waals surface area contributed by atoms with Crippen molar-refractivity contribution in [2.75, 3.05) is 0 Å². The van der Waals surface area contributed by atoms with E-state index in [1.165, 1.54) is 25.7 Å². The van der Waals surface area contributed by atoms with Crippen LogP contribution >= 0.6 is 24.8 Å². The standard InChI is InChI=1S/C8H18Ge.2ClH/c1-3-5-7-9-8-6-4-2;;/h3-8H2,1-2H3;2*1H. The first-order valence-corrected chi connectivity index (χ1v) is 7.09.